The highest BCUT2D eigenvalue weighted by Crippen LogP contribution is 2.26. The van der Waals surface area contributed by atoms with Crippen molar-refractivity contribution in [1.82, 2.24) is 0 Å². The van der Waals surface area contributed by atoms with Crippen LogP contribution in [0.1, 0.15) is 5.56 Å². The number of ether oxygens (including phenoxy) is 1. The van der Waals surface area contributed by atoms with E-state index in [1.54, 1.807) is 18.2 Å². The van der Waals surface area contributed by atoms with Crippen molar-refractivity contribution in [3.05, 3.63) is 64.2 Å². The first-order valence-electron chi connectivity index (χ1n) is 7.26. The first-order valence-corrected chi connectivity index (χ1v) is 7.26. The third kappa shape index (κ3) is 3.42. The first kappa shape index (κ1) is 16.4. The number of hydrogen-bond donors (Lipinski definition) is 1. The molecule has 1 N–H and O–H groups in total. The van der Waals surface area contributed by atoms with Crippen LogP contribution in [-0.2, 0) is 11.2 Å². The Hall–Kier alpha value is -3.42. The molecule has 0 radical (unpaired) electrons. The lowest BCUT2D eigenvalue weighted by Gasteiger charge is -2.06. The minimum absolute atomic E-state index is 0.0680. The Morgan fingerprint density at radius 1 is 1.32 bits per heavy atom. The zero-order valence-corrected chi connectivity index (χ0v) is 13.1. The number of amides is 1. The predicted octanol–water partition coefficient (Wildman–Crippen LogP) is 3.67. The number of carbonyl (C=O) groups excluding carboxylic acids is 1. The van der Waals surface area contributed by atoms with Crippen LogP contribution in [0.15, 0.2) is 47.1 Å². The van der Waals surface area contributed by atoms with Gasteiger partial charge in [0, 0.05) is 29.1 Å². The van der Waals surface area contributed by atoms with Crippen LogP contribution in [0, 0.1) is 15.9 Å². The summed E-state index contributed by atoms with van der Waals surface area (Å²) in [5.74, 6) is -0.643. The smallest absolute Gasteiger partial charge is 0.271 e. The number of methoxy groups -OCH3 is 1. The molecule has 8 heteroatoms. The third-order valence-corrected chi connectivity index (χ3v) is 3.65. The summed E-state index contributed by atoms with van der Waals surface area (Å²) in [6, 6.07) is 8.13. The summed E-state index contributed by atoms with van der Waals surface area (Å²) in [5.41, 5.74) is 0.621. The normalized spacial score (nSPS) is 10.6. The number of benzene rings is 2. The number of nitrogens with zero attached hydrogens (tertiary/aromatic N) is 1. The van der Waals surface area contributed by atoms with E-state index in [0.717, 1.165) is 23.6 Å². The highest BCUT2D eigenvalue weighted by atomic mass is 19.1. The zero-order valence-electron chi connectivity index (χ0n) is 13.1. The maximum atomic E-state index is 13.7. The van der Waals surface area contributed by atoms with Gasteiger partial charge in [-0.15, -0.1) is 0 Å². The largest absolute Gasteiger partial charge is 0.497 e. The lowest BCUT2D eigenvalue weighted by atomic mass is 10.1. The molecule has 2 aromatic carbocycles. The summed E-state index contributed by atoms with van der Waals surface area (Å²) in [6.45, 7) is 0. The molecule has 0 bridgehead atoms. The van der Waals surface area contributed by atoms with E-state index >= 15 is 0 Å². The molecule has 0 aliphatic carbocycles. The van der Waals surface area contributed by atoms with Gasteiger partial charge in [0.2, 0.25) is 5.91 Å². The number of carbonyl (C=O) groups is 1. The SMILES string of the molecule is COc1ccc2c(CC(=O)Nc3cc([N+](=O)[O-])ccc3F)coc2c1. The lowest BCUT2D eigenvalue weighted by molar-refractivity contribution is -0.384. The number of rotatable bonds is 5. The Morgan fingerprint density at radius 3 is 2.84 bits per heavy atom. The van der Waals surface area contributed by atoms with E-state index in [1.807, 2.05) is 0 Å². The summed E-state index contributed by atoms with van der Waals surface area (Å²) < 4.78 is 24.2. The monoisotopic (exact) mass is 344 g/mol. The van der Waals surface area contributed by atoms with E-state index in [1.165, 1.54) is 13.4 Å². The van der Waals surface area contributed by atoms with E-state index < -0.39 is 16.6 Å². The molecule has 3 aromatic rings. The Bertz CT molecular complexity index is 967. The molecule has 3 rings (SSSR count). The van der Waals surface area contributed by atoms with Gasteiger partial charge in [0.25, 0.3) is 5.69 Å². The van der Waals surface area contributed by atoms with Crippen molar-refractivity contribution in [2.75, 3.05) is 12.4 Å². The molecule has 25 heavy (non-hydrogen) atoms. The Labute approximate surface area is 141 Å². The second-order valence-corrected chi connectivity index (χ2v) is 5.27. The average Bonchev–Trinajstić information content (AvgIpc) is 2.98. The van der Waals surface area contributed by atoms with Gasteiger partial charge in [-0.25, -0.2) is 4.39 Å². The van der Waals surface area contributed by atoms with Crippen LogP contribution < -0.4 is 10.1 Å². The van der Waals surface area contributed by atoms with Gasteiger partial charge in [0.05, 0.1) is 30.4 Å². The lowest BCUT2D eigenvalue weighted by Crippen LogP contribution is -2.15. The topological polar surface area (TPSA) is 94.6 Å². The van der Waals surface area contributed by atoms with Crippen LogP contribution >= 0.6 is 0 Å². The van der Waals surface area contributed by atoms with Gasteiger partial charge >= 0.3 is 0 Å². The number of halogens is 1. The number of hydrogen-bond acceptors (Lipinski definition) is 5. The maximum Gasteiger partial charge on any atom is 0.271 e. The number of anilines is 1. The van der Waals surface area contributed by atoms with Gasteiger partial charge in [-0.2, -0.15) is 0 Å². The molecule has 0 saturated heterocycles. The summed E-state index contributed by atoms with van der Waals surface area (Å²) in [7, 11) is 1.53. The average molecular weight is 344 g/mol. The van der Waals surface area contributed by atoms with E-state index in [0.29, 0.717) is 16.9 Å². The summed E-state index contributed by atoms with van der Waals surface area (Å²) in [6.07, 6.45) is 1.37. The van der Waals surface area contributed by atoms with Gasteiger partial charge in [0.15, 0.2) is 0 Å². The number of nitro groups is 1. The molecule has 0 fully saturated rings. The molecule has 0 aliphatic rings. The van der Waals surface area contributed by atoms with Crippen molar-refractivity contribution in [1.29, 1.82) is 0 Å². The molecular weight excluding hydrogens is 331 g/mol. The molecular formula is C17H13FN2O5. The highest BCUT2D eigenvalue weighted by molar-refractivity contribution is 5.95. The molecule has 0 atom stereocenters. The van der Waals surface area contributed by atoms with Crippen LogP contribution in [-0.4, -0.2) is 17.9 Å². The Kier molecular flexibility index (Phi) is 4.34. The standard InChI is InChI=1S/C17H13FN2O5/c1-24-12-3-4-13-10(9-25-16(13)8-12)6-17(21)19-15-7-11(20(22)23)2-5-14(15)18/h2-5,7-9H,6H2,1H3,(H,19,21). The van der Waals surface area contributed by atoms with Gasteiger partial charge in [0.1, 0.15) is 17.1 Å². The van der Waals surface area contributed by atoms with E-state index in [2.05, 4.69) is 5.32 Å². The Morgan fingerprint density at radius 2 is 2.12 bits per heavy atom. The summed E-state index contributed by atoms with van der Waals surface area (Å²) >= 11 is 0. The van der Waals surface area contributed by atoms with Crippen LogP contribution in [0.3, 0.4) is 0 Å². The van der Waals surface area contributed by atoms with Crippen molar-refractivity contribution in [3.63, 3.8) is 0 Å². The second-order valence-electron chi connectivity index (χ2n) is 5.27. The van der Waals surface area contributed by atoms with E-state index in [-0.39, 0.29) is 17.8 Å². The highest BCUT2D eigenvalue weighted by Gasteiger charge is 2.15. The number of nitro benzene ring substituents is 1. The van der Waals surface area contributed by atoms with Gasteiger partial charge < -0.3 is 14.5 Å². The molecule has 0 unspecified atom stereocenters. The quantitative estimate of drug-likeness (QED) is 0.563. The van der Waals surface area contributed by atoms with Gasteiger partial charge in [-0.05, 0) is 18.2 Å². The van der Waals surface area contributed by atoms with Crippen LogP contribution in [0.4, 0.5) is 15.8 Å². The van der Waals surface area contributed by atoms with Gasteiger partial charge in [-0.3, -0.25) is 14.9 Å². The van der Waals surface area contributed by atoms with E-state index in [4.69, 9.17) is 9.15 Å². The number of fused-ring (bicyclic) bond motifs is 1. The van der Waals surface area contributed by atoms with Crippen LogP contribution in [0.2, 0.25) is 0 Å². The van der Waals surface area contributed by atoms with Crippen molar-refractivity contribution < 1.29 is 23.3 Å². The predicted molar refractivity (Wildman–Crippen MR) is 88.2 cm³/mol. The van der Waals surface area contributed by atoms with Crippen LogP contribution in [0.25, 0.3) is 11.0 Å². The third-order valence-electron chi connectivity index (χ3n) is 3.65. The molecule has 1 heterocycles. The minimum Gasteiger partial charge on any atom is -0.497 e. The molecule has 1 amide bonds. The first-order chi connectivity index (χ1) is 12.0. The maximum absolute atomic E-state index is 13.7. The fourth-order valence-corrected chi connectivity index (χ4v) is 2.42. The second kappa shape index (κ2) is 6.60. The van der Waals surface area contributed by atoms with Crippen molar-refractivity contribution in [3.8, 4) is 5.75 Å². The van der Waals surface area contributed by atoms with E-state index in [9.17, 15) is 19.3 Å². The van der Waals surface area contributed by atoms with Crippen LogP contribution in [0.5, 0.6) is 5.75 Å². The molecule has 128 valence electrons. The number of non-ortho nitro benzene ring substituents is 1. The molecule has 0 aliphatic heterocycles. The minimum atomic E-state index is -0.749. The summed E-state index contributed by atoms with van der Waals surface area (Å²) in [4.78, 5) is 22.3. The Balaban J connectivity index is 1.79. The van der Waals surface area contributed by atoms with Gasteiger partial charge in [-0.1, -0.05) is 0 Å². The summed E-state index contributed by atoms with van der Waals surface area (Å²) in [5, 5.41) is 13.8. The fraction of sp³-hybridized carbons (Fsp3) is 0.118. The number of nitrogens with one attached hydrogen (secondary N) is 1. The van der Waals surface area contributed by atoms with Crippen molar-refractivity contribution >= 4 is 28.3 Å². The molecule has 7 nitrogen and oxygen atoms in total. The fourth-order valence-electron chi connectivity index (χ4n) is 2.42. The zero-order chi connectivity index (χ0) is 18.0. The number of furan rings is 1. The van der Waals surface area contributed by atoms with Crippen molar-refractivity contribution in [2.45, 2.75) is 6.42 Å². The molecule has 0 spiro atoms. The van der Waals surface area contributed by atoms with Crippen molar-refractivity contribution in [2.24, 2.45) is 0 Å². The molecule has 0 saturated carbocycles. The molecule has 1 aromatic heterocycles.